The number of hydrogen-bond acceptors (Lipinski definition) is 8. The Balaban J connectivity index is 1.52. The van der Waals surface area contributed by atoms with Crippen LogP contribution in [0.2, 0.25) is 0 Å². The van der Waals surface area contributed by atoms with Crippen molar-refractivity contribution in [2.24, 2.45) is 0 Å². The average Bonchev–Trinajstić information content (AvgIpc) is 3.11. The van der Waals surface area contributed by atoms with E-state index < -0.39 is 43.2 Å². The van der Waals surface area contributed by atoms with Crippen molar-refractivity contribution in [1.82, 2.24) is 9.27 Å². The van der Waals surface area contributed by atoms with Crippen LogP contribution < -0.4 is 10.9 Å². The number of carbonyl (C=O) groups is 1. The van der Waals surface area contributed by atoms with Crippen LogP contribution in [0.25, 0.3) is 15.8 Å². The van der Waals surface area contributed by atoms with E-state index in [2.05, 4.69) is 5.32 Å². The first-order chi connectivity index (χ1) is 14.4. The van der Waals surface area contributed by atoms with E-state index in [9.17, 15) is 30.0 Å². The lowest BCUT2D eigenvalue weighted by Gasteiger charge is -2.40. The molecule has 0 spiro atoms. The van der Waals surface area contributed by atoms with Gasteiger partial charge < -0.3 is 30.5 Å². The third-order valence-corrected chi connectivity index (χ3v) is 6.13. The molecule has 5 N–H and O–H groups in total. The minimum atomic E-state index is -1.58. The van der Waals surface area contributed by atoms with E-state index in [1.807, 2.05) is 12.1 Å². The van der Waals surface area contributed by atoms with Gasteiger partial charge in [0.2, 0.25) is 0 Å². The van der Waals surface area contributed by atoms with Gasteiger partial charge in [-0.15, -0.1) is 0 Å². The number of ether oxygens (including phenoxy) is 1. The SMILES string of the molecule is O=C(NC1OC(CO)C(O)C(O)C1O)c1ccc(-n2sc3ccccc3c2=O)cc1. The van der Waals surface area contributed by atoms with Crippen LogP contribution in [-0.4, -0.2) is 67.5 Å². The summed E-state index contributed by atoms with van der Waals surface area (Å²) >= 11 is 1.30. The van der Waals surface area contributed by atoms with Gasteiger partial charge in [-0.25, -0.2) is 3.96 Å². The Morgan fingerprint density at radius 3 is 2.40 bits per heavy atom. The summed E-state index contributed by atoms with van der Waals surface area (Å²) in [6, 6.07) is 13.6. The predicted molar refractivity (Wildman–Crippen MR) is 109 cm³/mol. The lowest BCUT2D eigenvalue weighted by atomic mass is 9.98. The molecule has 1 saturated heterocycles. The summed E-state index contributed by atoms with van der Waals surface area (Å²) in [6.45, 7) is -0.587. The van der Waals surface area contributed by atoms with E-state index in [0.717, 1.165) is 4.70 Å². The topological polar surface area (TPSA) is 141 Å². The standard InChI is InChI=1S/C20H20N2O7S/c23-9-13-15(24)16(25)17(26)19(29-13)21-18(27)10-5-7-11(8-6-10)22-20(28)12-3-1-2-4-14(12)30-22/h1-8,13,15-17,19,23-26H,9H2,(H,21,27). The first-order valence-electron chi connectivity index (χ1n) is 9.23. The molecular formula is C20H20N2O7S. The first kappa shape index (κ1) is 20.7. The van der Waals surface area contributed by atoms with Gasteiger partial charge in [0.25, 0.3) is 11.5 Å². The smallest absolute Gasteiger partial charge is 0.273 e. The fourth-order valence-electron chi connectivity index (χ4n) is 3.32. The lowest BCUT2D eigenvalue weighted by molar-refractivity contribution is -0.233. The minimum absolute atomic E-state index is 0.144. The molecule has 1 fully saturated rings. The van der Waals surface area contributed by atoms with Crippen molar-refractivity contribution in [1.29, 1.82) is 0 Å². The number of fused-ring (bicyclic) bond motifs is 1. The quantitative estimate of drug-likeness (QED) is 0.377. The maximum absolute atomic E-state index is 12.5. The summed E-state index contributed by atoms with van der Waals surface area (Å²) in [5.41, 5.74) is 0.699. The molecule has 9 nitrogen and oxygen atoms in total. The number of carbonyl (C=O) groups excluding carboxylic acids is 1. The Hall–Kier alpha value is -2.60. The highest BCUT2D eigenvalue weighted by Crippen LogP contribution is 2.22. The summed E-state index contributed by atoms with van der Waals surface area (Å²) in [6.07, 6.45) is -7.07. The number of amides is 1. The molecule has 2 aromatic carbocycles. The van der Waals surface area contributed by atoms with E-state index in [1.165, 1.54) is 27.6 Å². The molecule has 0 aliphatic carbocycles. The van der Waals surface area contributed by atoms with Gasteiger partial charge in [-0.05, 0) is 36.4 Å². The molecule has 2 heterocycles. The molecule has 3 aromatic rings. The molecule has 5 atom stereocenters. The van der Waals surface area contributed by atoms with Gasteiger partial charge in [-0.3, -0.25) is 9.59 Å². The number of aliphatic hydroxyl groups excluding tert-OH is 4. The monoisotopic (exact) mass is 432 g/mol. The van der Waals surface area contributed by atoms with E-state index in [-0.39, 0.29) is 11.1 Å². The van der Waals surface area contributed by atoms with Gasteiger partial charge >= 0.3 is 0 Å². The number of hydrogen-bond donors (Lipinski definition) is 5. The molecule has 4 rings (SSSR count). The Labute approximate surface area is 174 Å². The zero-order valence-corrected chi connectivity index (χ0v) is 16.4. The molecule has 0 bridgehead atoms. The van der Waals surface area contributed by atoms with Gasteiger partial charge in [0.05, 0.1) is 22.4 Å². The predicted octanol–water partition coefficient (Wildman–Crippen LogP) is -0.418. The Morgan fingerprint density at radius 2 is 1.73 bits per heavy atom. The van der Waals surface area contributed by atoms with Crippen molar-refractivity contribution in [2.75, 3.05) is 6.61 Å². The van der Waals surface area contributed by atoms with Crippen LogP contribution in [0.5, 0.6) is 0 Å². The number of rotatable bonds is 4. The second kappa shape index (κ2) is 8.26. The van der Waals surface area contributed by atoms with Crippen molar-refractivity contribution >= 4 is 27.5 Å². The van der Waals surface area contributed by atoms with E-state index in [0.29, 0.717) is 11.1 Å². The van der Waals surface area contributed by atoms with E-state index in [4.69, 9.17) is 4.74 Å². The number of benzene rings is 2. The van der Waals surface area contributed by atoms with Gasteiger partial charge in [0.15, 0.2) is 6.23 Å². The molecule has 1 amide bonds. The second-order valence-electron chi connectivity index (χ2n) is 6.96. The molecule has 0 saturated carbocycles. The van der Waals surface area contributed by atoms with Crippen molar-refractivity contribution < 1.29 is 30.0 Å². The highest BCUT2D eigenvalue weighted by molar-refractivity contribution is 7.14. The highest BCUT2D eigenvalue weighted by atomic mass is 32.1. The van der Waals surface area contributed by atoms with Crippen LogP contribution in [-0.2, 0) is 4.74 Å². The largest absolute Gasteiger partial charge is 0.394 e. The number of nitrogens with one attached hydrogen (secondary N) is 1. The number of aromatic nitrogens is 1. The second-order valence-corrected chi connectivity index (χ2v) is 7.94. The molecule has 1 aliphatic rings. The Morgan fingerprint density at radius 1 is 1.03 bits per heavy atom. The summed E-state index contributed by atoms with van der Waals surface area (Å²) < 4.78 is 7.66. The van der Waals surface area contributed by atoms with Gasteiger partial charge in [-0.2, -0.15) is 0 Å². The summed E-state index contributed by atoms with van der Waals surface area (Å²) in [5, 5.41) is 42.0. The fraction of sp³-hybridized carbons (Fsp3) is 0.300. The molecule has 158 valence electrons. The molecule has 0 radical (unpaired) electrons. The average molecular weight is 432 g/mol. The van der Waals surface area contributed by atoms with Gasteiger partial charge in [-0.1, -0.05) is 23.7 Å². The zero-order chi connectivity index (χ0) is 21.4. The third kappa shape index (κ3) is 3.65. The van der Waals surface area contributed by atoms with Gasteiger partial charge in [0.1, 0.15) is 24.4 Å². The summed E-state index contributed by atoms with van der Waals surface area (Å²) in [5.74, 6) is -0.588. The van der Waals surface area contributed by atoms with E-state index >= 15 is 0 Å². The first-order valence-corrected chi connectivity index (χ1v) is 10.0. The molecule has 10 heteroatoms. The molecule has 1 aliphatic heterocycles. The fourth-order valence-corrected chi connectivity index (χ4v) is 4.32. The van der Waals surface area contributed by atoms with Crippen LogP contribution in [0, 0.1) is 0 Å². The Bertz CT molecular complexity index is 1110. The van der Waals surface area contributed by atoms with Crippen LogP contribution in [0.4, 0.5) is 0 Å². The van der Waals surface area contributed by atoms with Crippen LogP contribution in [0.15, 0.2) is 53.3 Å². The van der Waals surface area contributed by atoms with Crippen LogP contribution >= 0.6 is 11.5 Å². The van der Waals surface area contributed by atoms with Crippen molar-refractivity contribution in [3.63, 3.8) is 0 Å². The highest BCUT2D eigenvalue weighted by Gasteiger charge is 2.44. The molecule has 5 unspecified atom stereocenters. The lowest BCUT2D eigenvalue weighted by Crippen LogP contribution is -2.63. The van der Waals surface area contributed by atoms with Crippen LogP contribution in [0.3, 0.4) is 0 Å². The van der Waals surface area contributed by atoms with Crippen LogP contribution in [0.1, 0.15) is 10.4 Å². The van der Waals surface area contributed by atoms with Gasteiger partial charge in [0, 0.05) is 5.56 Å². The molecule has 30 heavy (non-hydrogen) atoms. The number of aliphatic hydroxyl groups is 4. The minimum Gasteiger partial charge on any atom is -0.394 e. The van der Waals surface area contributed by atoms with Crippen molar-refractivity contribution in [2.45, 2.75) is 30.6 Å². The van der Waals surface area contributed by atoms with Crippen molar-refractivity contribution in [3.05, 3.63) is 64.4 Å². The summed E-state index contributed by atoms with van der Waals surface area (Å²) in [7, 11) is 0. The number of nitrogens with zero attached hydrogens (tertiary/aromatic N) is 1. The van der Waals surface area contributed by atoms with Crippen molar-refractivity contribution in [3.8, 4) is 5.69 Å². The maximum Gasteiger partial charge on any atom is 0.273 e. The molecular weight excluding hydrogens is 412 g/mol. The zero-order valence-electron chi connectivity index (χ0n) is 15.6. The maximum atomic E-state index is 12.5. The Kier molecular flexibility index (Phi) is 5.69. The normalized spacial score (nSPS) is 26.6. The molecule has 1 aromatic heterocycles. The third-order valence-electron chi connectivity index (χ3n) is 5.02. The summed E-state index contributed by atoms with van der Waals surface area (Å²) in [4.78, 5) is 25.1. The van der Waals surface area contributed by atoms with E-state index in [1.54, 1.807) is 24.3 Å².